The van der Waals surface area contributed by atoms with Crippen LogP contribution in [0.15, 0.2) is 24.4 Å². The molecule has 0 spiro atoms. The predicted octanol–water partition coefficient (Wildman–Crippen LogP) is 2.70. The average Bonchev–Trinajstić information content (AvgIpc) is 3.01. The van der Waals surface area contributed by atoms with Crippen LogP contribution in [0.1, 0.15) is 31.1 Å². The minimum absolute atomic E-state index is 0.103. The molecule has 2 heterocycles. The van der Waals surface area contributed by atoms with Crippen molar-refractivity contribution in [1.82, 2.24) is 9.78 Å². The van der Waals surface area contributed by atoms with E-state index >= 15 is 0 Å². The quantitative estimate of drug-likeness (QED) is 0.933. The van der Waals surface area contributed by atoms with E-state index in [0.717, 1.165) is 29.0 Å². The molecular formula is C16H21N3O. The van der Waals surface area contributed by atoms with Crippen LogP contribution >= 0.6 is 0 Å². The Hall–Kier alpha value is -1.81. The topological polar surface area (TPSA) is 53.1 Å². The summed E-state index contributed by atoms with van der Waals surface area (Å²) in [5, 5.41) is 4.59. The van der Waals surface area contributed by atoms with Crippen LogP contribution < -0.4 is 10.5 Å². The lowest BCUT2D eigenvalue weighted by Gasteiger charge is -2.10. The fourth-order valence-electron chi connectivity index (χ4n) is 2.69. The fourth-order valence-corrected chi connectivity index (χ4v) is 2.69. The van der Waals surface area contributed by atoms with Crippen molar-refractivity contribution in [3.05, 3.63) is 35.7 Å². The molecule has 0 fully saturated rings. The second-order valence-electron chi connectivity index (χ2n) is 5.68. The summed E-state index contributed by atoms with van der Waals surface area (Å²) >= 11 is 0. The van der Waals surface area contributed by atoms with Crippen molar-refractivity contribution in [3.8, 4) is 16.9 Å². The van der Waals surface area contributed by atoms with Gasteiger partial charge in [-0.1, -0.05) is 18.2 Å². The van der Waals surface area contributed by atoms with Gasteiger partial charge in [0.2, 0.25) is 0 Å². The zero-order chi connectivity index (χ0) is 14.3. The van der Waals surface area contributed by atoms with E-state index in [1.54, 1.807) is 0 Å². The first-order valence-corrected chi connectivity index (χ1v) is 7.15. The van der Waals surface area contributed by atoms with Crippen LogP contribution in [0, 0.1) is 6.92 Å². The SMILES string of the molecule is Cc1nn(C(C)C)cc1-c1cccc2c1O[C@@H](CN)C2. The van der Waals surface area contributed by atoms with Crippen LogP contribution in [0.3, 0.4) is 0 Å². The standard InChI is InChI=1S/C16H21N3O/c1-10(2)19-9-15(11(3)18-19)14-6-4-5-12-7-13(8-17)20-16(12)14/h4-6,9-10,13H,7-8,17H2,1-3H3/t13-/m1/s1. The Kier molecular flexibility index (Phi) is 3.26. The van der Waals surface area contributed by atoms with Crippen LogP contribution in [0.5, 0.6) is 5.75 Å². The molecule has 1 aromatic carbocycles. The normalized spacial score (nSPS) is 17.4. The highest BCUT2D eigenvalue weighted by Gasteiger charge is 2.25. The van der Waals surface area contributed by atoms with E-state index in [2.05, 4.69) is 43.3 Å². The van der Waals surface area contributed by atoms with Crippen molar-refractivity contribution in [3.63, 3.8) is 0 Å². The van der Waals surface area contributed by atoms with Crippen molar-refractivity contribution >= 4 is 0 Å². The molecule has 106 valence electrons. The van der Waals surface area contributed by atoms with E-state index in [1.165, 1.54) is 5.56 Å². The number of nitrogens with zero attached hydrogens (tertiary/aromatic N) is 2. The Labute approximate surface area is 119 Å². The first kappa shape index (κ1) is 13.2. The second-order valence-corrected chi connectivity index (χ2v) is 5.68. The molecule has 0 bridgehead atoms. The Bertz CT molecular complexity index is 631. The molecule has 1 atom stereocenters. The molecule has 1 aliphatic heterocycles. The van der Waals surface area contributed by atoms with Crippen molar-refractivity contribution in [2.45, 2.75) is 39.3 Å². The molecule has 3 rings (SSSR count). The molecule has 0 saturated heterocycles. The molecule has 0 radical (unpaired) electrons. The summed E-state index contributed by atoms with van der Waals surface area (Å²) in [6.07, 6.45) is 3.11. The number of aryl methyl sites for hydroxylation is 1. The monoisotopic (exact) mass is 271 g/mol. The molecule has 2 N–H and O–H groups in total. The van der Waals surface area contributed by atoms with E-state index < -0.39 is 0 Å². The number of hydrogen-bond donors (Lipinski definition) is 1. The summed E-state index contributed by atoms with van der Waals surface area (Å²) in [6, 6.07) is 6.67. The zero-order valence-electron chi connectivity index (χ0n) is 12.3. The lowest BCUT2D eigenvalue weighted by Crippen LogP contribution is -2.24. The molecule has 20 heavy (non-hydrogen) atoms. The molecule has 0 amide bonds. The van der Waals surface area contributed by atoms with Gasteiger partial charge in [-0.15, -0.1) is 0 Å². The maximum Gasteiger partial charge on any atom is 0.131 e. The van der Waals surface area contributed by atoms with Gasteiger partial charge >= 0.3 is 0 Å². The molecule has 0 saturated carbocycles. The molecule has 4 heteroatoms. The number of hydrogen-bond acceptors (Lipinski definition) is 3. The van der Waals surface area contributed by atoms with Gasteiger partial charge in [-0.3, -0.25) is 4.68 Å². The summed E-state index contributed by atoms with van der Waals surface area (Å²) in [5.74, 6) is 0.981. The highest BCUT2D eigenvalue weighted by Crippen LogP contribution is 2.39. The van der Waals surface area contributed by atoms with Crippen molar-refractivity contribution in [2.75, 3.05) is 6.54 Å². The third kappa shape index (κ3) is 2.10. The molecule has 0 unspecified atom stereocenters. The fraction of sp³-hybridized carbons (Fsp3) is 0.438. The van der Waals surface area contributed by atoms with Crippen molar-refractivity contribution < 1.29 is 4.74 Å². The van der Waals surface area contributed by atoms with Crippen LogP contribution in [-0.2, 0) is 6.42 Å². The first-order valence-electron chi connectivity index (χ1n) is 7.15. The maximum absolute atomic E-state index is 6.00. The van der Waals surface area contributed by atoms with E-state index in [4.69, 9.17) is 10.5 Å². The van der Waals surface area contributed by atoms with Gasteiger partial charge in [0.15, 0.2) is 0 Å². The van der Waals surface area contributed by atoms with E-state index in [0.29, 0.717) is 12.6 Å². The number of ether oxygens (including phenoxy) is 1. The zero-order valence-corrected chi connectivity index (χ0v) is 12.3. The lowest BCUT2D eigenvalue weighted by molar-refractivity contribution is 0.242. The Morgan fingerprint density at radius 3 is 2.85 bits per heavy atom. The summed E-state index contributed by atoms with van der Waals surface area (Å²) in [7, 11) is 0. The number of fused-ring (bicyclic) bond motifs is 1. The van der Waals surface area contributed by atoms with Crippen molar-refractivity contribution in [1.29, 1.82) is 0 Å². The van der Waals surface area contributed by atoms with Crippen LogP contribution in [-0.4, -0.2) is 22.4 Å². The van der Waals surface area contributed by atoms with Gasteiger partial charge in [0.1, 0.15) is 11.9 Å². The number of benzene rings is 1. The molecule has 0 aliphatic carbocycles. The number of nitrogens with two attached hydrogens (primary N) is 1. The number of rotatable bonds is 3. The second kappa shape index (κ2) is 4.94. The van der Waals surface area contributed by atoms with Gasteiger partial charge in [-0.25, -0.2) is 0 Å². The van der Waals surface area contributed by atoms with Gasteiger partial charge in [-0.05, 0) is 26.3 Å². The lowest BCUT2D eigenvalue weighted by atomic mass is 10.0. The van der Waals surface area contributed by atoms with Crippen LogP contribution in [0.25, 0.3) is 11.1 Å². The van der Waals surface area contributed by atoms with Crippen molar-refractivity contribution in [2.24, 2.45) is 5.73 Å². The minimum atomic E-state index is 0.103. The van der Waals surface area contributed by atoms with Gasteiger partial charge in [0, 0.05) is 36.3 Å². The van der Waals surface area contributed by atoms with Gasteiger partial charge in [0.05, 0.1) is 5.69 Å². The molecular weight excluding hydrogens is 250 g/mol. The first-order chi connectivity index (χ1) is 9.60. The van der Waals surface area contributed by atoms with Gasteiger partial charge in [0.25, 0.3) is 0 Å². The number of aromatic nitrogens is 2. The Morgan fingerprint density at radius 1 is 1.40 bits per heavy atom. The van der Waals surface area contributed by atoms with E-state index in [9.17, 15) is 0 Å². The largest absolute Gasteiger partial charge is 0.488 e. The highest BCUT2D eigenvalue weighted by molar-refractivity contribution is 5.74. The molecule has 1 aliphatic rings. The van der Waals surface area contributed by atoms with Crippen LogP contribution in [0.4, 0.5) is 0 Å². The predicted molar refractivity (Wildman–Crippen MR) is 80.0 cm³/mol. The minimum Gasteiger partial charge on any atom is -0.488 e. The molecule has 1 aromatic heterocycles. The Morgan fingerprint density at radius 2 is 2.20 bits per heavy atom. The van der Waals surface area contributed by atoms with E-state index in [-0.39, 0.29) is 6.10 Å². The highest BCUT2D eigenvalue weighted by atomic mass is 16.5. The summed E-state index contributed by atoms with van der Waals surface area (Å²) < 4.78 is 8.00. The smallest absolute Gasteiger partial charge is 0.131 e. The maximum atomic E-state index is 6.00. The summed E-state index contributed by atoms with van der Waals surface area (Å²) in [6.45, 7) is 6.86. The number of para-hydroxylation sites is 1. The van der Waals surface area contributed by atoms with Crippen LogP contribution in [0.2, 0.25) is 0 Å². The summed E-state index contributed by atoms with van der Waals surface area (Å²) in [4.78, 5) is 0. The molecule has 4 nitrogen and oxygen atoms in total. The molecule has 2 aromatic rings. The van der Waals surface area contributed by atoms with Gasteiger partial charge < -0.3 is 10.5 Å². The third-order valence-electron chi connectivity index (χ3n) is 3.83. The Balaban J connectivity index is 2.06. The van der Waals surface area contributed by atoms with Gasteiger partial charge in [-0.2, -0.15) is 5.10 Å². The third-order valence-corrected chi connectivity index (χ3v) is 3.83. The summed E-state index contributed by atoms with van der Waals surface area (Å²) in [5.41, 5.74) is 10.3. The van der Waals surface area contributed by atoms with E-state index in [1.807, 2.05) is 11.6 Å². The average molecular weight is 271 g/mol.